The molecule has 0 aliphatic rings. The zero-order valence-corrected chi connectivity index (χ0v) is 18.7. The smallest absolute Gasteiger partial charge is 0.251 e. The van der Waals surface area contributed by atoms with Gasteiger partial charge in [-0.05, 0) is 62.2 Å². The second-order valence-electron chi connectivity index (χ2n) is 7.04. The Morgan fingerprint density at radius 2 is 1.74 bits per heavy atom. The van der Waals surface area contributed by atoms with E-state index in [2.05, 4.69) is 17.6 Å². The summed E-state index contributed by atoms with van der Waals surface area (Å²) in [6.45, 7) is 6.94. The predicted octanol–water partition coefficient (Wildman–Crippen LogP) is 3.88. The monoisotopic (exact) mass is 428 g/mol. The van der Waals surface area contributed by atoms with Gasteiger partial charge in [-0.2, -0.15) is 0 Å². The number of carbonyl (C=O) groups is 2. The molecule has 168 valence electrons. The SMILES string of the molecule is CCCCOc1ccc(C(=O)NCC(=O)NC(C)c2ccc(OCC)c(OC)c2)cc1. The van der Waals surface area contributed by atoms with E-state index in [9.17, 15) is 9.59 Å². The number of rotatable bonds is 12. The maximum atomic E-state index is 12.3. The maximum Gasteiger partial charge on any atom is 0.251 e. The molecule has 0 saturated heterocycles. The summed E-state index contributed by atoms with van der Waals surface area (Å²) in [6.07, 6.45) is 2.05. The van der Waals surface area contributed by atoms with Crippen LogP contribution in [0.5, 0.6) is 17.2 Å². The maximum absolute atomic E-state index is 12.3. The van der Waals surface area contributed by atoms with Crippen LogP contribution in [0.2, 0.25) is 0 Å². The van der Waals surface area contributed by atoms with Gasteiger partial charge in [0.15, 0.2) is 11.5 Å². The van der Waals surface area contributed by atoms with Crippen molar-refractivity contribution in [3.8, 4) is 17.2 Å². The van der Waals surface area contributed by atoms with E-state index in [-0.39, 0.29) is 24.4 Å². The summed E-state index contributed by atoms with van der Waals surface area (Å²) in [5.41, 5.74) is 1.35. The number of nitrogens with one attached hydrogen (secondary N) is 2. The van der Waals surface area contributed by atoms with Crippen LogP contribution in [0.4, 0.5) is 0 Å². The molecule has 0 bridgehead atoms. The van der Waals surface area contributed by atoms with Crippen LogP contribution >= 0.6 is 0 Å². The summed E-state index contributed by atoms with van der Waals surface area (Å²) < 4.78 is 16.5. The van der Waals surface area contributed by atoms with E-state index in [4.69, 9.17) is 14.2 Å². The molecule has 2 N–H and O–H groups in total. The Morgan fingerprint density at radius 1 is 1.00 bits per heavy atom. The van der Waals surface area contributed by atoms with Crippen LogP contribution in [0.3, 0.4) is 0 Å². The van der Waals surface area contributed by atoms with E-state index >= 15 is 0 Å². The Labute approximate surface area is 184 Å². The van der Waals surface area contributed by atoms with Gasteiger partial charge in [0.1, 0.15) is 5.75 Å². The third-order valence-electron chi connectivity index (χ3n) is 4.66. The molecule has 0 spiro atoms. The second kappa shape index (κ2) is 12.5. The molecule has 31 heavy (non-hydrogen) atoms. The molecule has 2 rings (SSSR count). The summed E-state index contributed by atoms with van der Waals surface area (Å²) in [7, 11) is 1.57. The molecule has 1 unspecified atom stereocenters. The number of ether oxygens (including phenoxy) is 3. The molecular weight excluding hydrogens is 396 g/mol. The van der Waals surface area contributed by atoms with Gasteiger partial charge in [0.25, 0.3) is 5.91 Å². The fourth-order valence-corrected chi connectivity index (χ4v) is 2.90. The first-order valence-corrected chi connectivity index (χ1v) is 10.6. The van der Waals surface area contributed by atoms with Crippen molar-refractivity contribution in [3.63, 3.8) is 0 Å². The lowest BCUT2D eigenvalue weighted by atomic mass is 10.1. The van der Waals surface area contributed by atoms with Crippen LogP contribution in [0.25, 0.3) is 0 Å². The summed E-state index contributed by atoms with van der Waals surface area (Å²) >= 11 is 0. The largest absolute Gasteiger partial charge is 0.494 e. The normalized spacial score (nSPS) is 11.4. The highest BCUT2D eigenvalue weighted by molar-refractivity contribution is 5.96. The molecule has 2 aromatic rings. The molecular formula is C24H32N2O5. The molecule has 0 heterocycles. The van der Waals surface area contributed by atoms with Crippen molar-refractivity contribution in [3.05, 3.63) is 53.6 Å². The van der Waals surface area contributed by atoms with Crippen molar-refractivity contribution in [2.45, 2.75) is 39.7 Å². The van der Waals surface area contributed by atoms with Crippen LogP contribution in [-0.4, -0.2) is 38.7 Å². The van der Waals surface area contributed by atoms with Gasteiger partial charge < -0.3 is 24.8 Å². The first kappa shape index (κ1) is 24.1. The van der Waals surface area contributed by atoms with Crippen molar-refractivity contribution in [1.29, 1.82) is 0 Å². The van der Waals surface area contributed by atoms with Crippen molar-refractivity contribution in [2.75, 3.05) is 26.9 Å². The predicted molar refractivity (Wildman–Crippen MR) is 120 cm³/mol. The standard InChI is InChI=1S/C24H32N2O5/c1-5-7-14-31-20-11-8-18(9-12-20)24(28)25-16-23(27)26-17(3)19-10-13-21(30-6-2)22(15-19)29-4/h8-13,15,17H,5-7,14,16H2,1-4H3,(H,25,28)(H,26,27). The Morgan fingerprint density at radius 3 is 2.39 bits per heavy atom. The molecule has 0 aliphatic heterocycles. The number of carbonyl (C=O) groups excluding carboxylic acids is 2. The van der Waals surface area contributed by atoms with Gasteiger partial charge >= 0.3 is 0 Å². The molecule has 0 radical (unpaired) electrons. The highest BCUT2D eigenvalue weighted by Crippen LogP contribution is 2.30. The van der Waals surface area contributed by atoms with Crippen LogP contribution in [-0.2, 0) is 4.79 Å². The van der Waals surface area contributed by atoms with Crippen LogP contribution < -0.4 is 24.8 Å². The fraction of sp³-hybridized carbons (Fsp3) is 0.417. The van der Waals surface area contributed by atoms with Gasteiger partial charge in [-0.1, -0.05) is 19.4 Å². The molecule has 1 atom stereocenters. The fourth-order valence-electron chi connectivity index (χ4n) is 2.90. The number of amides is 2. The first-order valence-electron chi connectivity index (χ1n) is 10.6. The third kappa shape index (κ3) is 7.51. The van der Waals surface area contributed by atoms with Gasteiger partial charge in [0, 0.05) is 5.56 Å². The Hall–Kier alpha value is -3.22. The number of unbranched alkanes of at least 4 members (excludes halogenated alkanes) is 1. The van der Waals surface area contributed by atoms with E-state index in [0.29, 0.717) is 30.3 Å². The molecule has 0 saturated carbocycles. The molecule has 0 aromatic heterocycles. The summed E-state index contributed by atoms with van der Waals surface area (Å²) in [4.78, 5) is 24.6. The average Bonchev–Trinajstić information content (AvgIpc) is 2.78. The van der Waals surface area contributed by atoms with E-state index in [0.717, 1.165) is 24.2 Å². The minimum Gasteiger partial charge on any atom is -0.494 e. The first-order chi connectivity index (χ1) is 15.0. The molecule has 7 nitrogen and oxygen atoms in total. The quantitative estimate of drug-likeness (QED) is 0.501. The van der Waals surface area contributed by atoms with E-state index in [1.807, 2.05) is 32.0 Å². The lowest BCUT2D eigenvalue weighted by Gasteiger charge is -2.17. The van der Waals surface area contributed by atoms with Crippen molar-refractivity contribution < 1.29 is 23.8 Å². The summed E-state index contributed by atoms with van der Waals surface area (Å²) in [6, 6.07) is 12.1. The minimum absolute atomic E-state index is 0.119. The summed E-state index contributed by atoms with van der Waals surface area (Å²) in [5, 5.41) is 5.51. The van der Waals surface area contributed by atoms with Crippen molar-refractivity contribution >= 4 is 11.8 Å². The number of hydrogen-bond donors (Lipinski definition) is 2. The van der Waals surface area contributed by atoms with E-state index in [1.54, 1.807) is 31.4 Å². The van der Waals surface area contributed by atoms with E-state index in [1.165, 1.54) is 0 Å². The zero-order chi connectivity index (χ0) is 22.6. The van der Waals surface area contributed by atoms with E-state index < -0.39 is 0 Å². The lowest BCUT2D eigenvalue weighted by molar-refractivity contribution is -0.120. The Bertz CT molecular complexity index is 852. The molecule has 2 amide bonds. The van der Waals surface area contributed by atoms with Gasteiger partial charge in [0.05, 0.1) is 32.9 Å². The number of methoxy groups -OCH3 is 1. The highest BCUT2D eigenvalue weighted by atomic mass is 16.5. The van der Waals surface area contributed by atoms with Gasteiger partial charge in [0.2, 0.25) is 5.91 Å². The Kier molecular flexibility index (Phi) is 9.68. The minimum atomic E-state index is -0.314. The Balaban J connectivity index is 1.85. The second-order valence-corrected chi connectivity index (χ2v) is 7.04. The average molecular weight is 429 g/mol. The van der Waals surface area contributed by atoms with Gasteiger partial charge in [-0.15, -0.1) is 0 Å². The zero-order valence-electron chi connectivity index (χ0n) is 18.7. The molecule has 2 aromatic carbocycles. The molecule has 0 aliphatic carbocycles. The molecule has 7 heteroatoms. The topological polar surface area (TPSA) is 85.9 Å². The lowest BCUT2D eigenvalue weighted by Crippen LogP contribution is -2.38. The highest BCUT2D eigenvalue weighted by Gasteiger charge is 2.14. The van der Waals surface area contributed by atoms with Gasteiger partial charge in [-0.3, -0.25) is 9.59 Å². The van der Waals surface area contributed by atoms with Crippen LogP contribution in [0, 0.1) is 0 Å². The number of benzene rings is 2. The molecule has 0 fully saturated rings. The van der Waals surface area contributed by atoms with Crippen LogP contribution in [0.1, 0.15) is 55.6 Å². The summed E-state index contributed by atoms with van der Waals surface area (Å²) in [5.74, 6) is 1.39. The number of hydrogen-bond acceptors (Lipinski definition) is 5. The third-order valence-corrected chi connectivity index (χ3v) is 4.66. The van der Waals surface area contributed by atoms with Crippen molar-refractivity contribution in [1.82, 2.24) is 10.6 Å². The van der Waals surface area contributed by atoms with Crippen LogP contribution in [0.15, 0.2) is 42.5 Å². The van der Waals surface area contributed by atoms with Crippen molar-refractivity contribution in [2.24, 2.45) is 0 Å². The van der Waals surface area contributed by atoms with Gasteiger partial charge in [-0.25, -0.2) is 0 Å².